The maximum Gasteiger partial charge on any atom is 0.319 e. The van der Waals surface area contributed by atoms with E-state index < -0.39 is 0 Å². The molecule has 0 unspecified atom stereocenters. The third kappa shape index (κ3) is 6.03. The number of nitrogens with one attached hydrogen (secondary N) is 3. The van der Waals surface area contributed by atoms with Crippen LogP contribution in [0.2, 0.25) is 0 Å². The number of hydrogen-bond donors (Lipinski definition) is 3. The number of likely N-dealkylation sites (N-methyl/N-ethyl adjacent to an activating group) is 1. The lowest BCUT2D eigenvalue weighted by atomic mass is 10.2. The van der Waals surface area contributed by atoms with Crippen molar-refractivity contribution in [3.63, 3.8) is 0 Å². The Kier molecular flexibility index (Phi) is 7.21. The number of amides is 3. The highest BCUT2D eigenvalue weighted by Crippen LogP contribution is 2.16. The third-order valence-electron chi connectivity index (χ3n) is 4.03. The predicted molar refractivity (Wildman–Crippen MR) is 98.8 cm³/mol. The van der Waals surface area contributed by atoms with Gasteiger partial charge in [-0.15, -0.1) is 0 Å². The topological polar surface area (TPSA) is 82.7 Å². The van der Waals surface area contributed by atoms with E-state index in [2.05, 4.69) is 20.9 Å². The second-order valence-corrected chi connectivity index (χ2v) is 6.30. The molecule has 0 aromatic heterocycles. The van der Waals surface area contributed by atoms with Crippen molar-refractivity contribution in [2.45, 2.75) is 38.8 Å². The monoisotopic (exact) mass is 348 g/mol. The van der Waals surface area contributed by atoms with Gasteiger partial charge in [-0.25, -0.2) is 4.79 Å². The van der Waals surface area contributed by atoms with Crippen molar-refractivity contribution in [1.29, 1.82) is 0 Å². The molecule has 0 radical (unpaired) electrons. The number of urea groups is 1. The summed E-state index contributed by atoms with van der Waals surface area (Å²) in [7, 11) is 2.01. The van der Waals surface area contributed by atoms with Crippen molar-refractivity contribution in [2.24, 2.45) is 0 Å². The van der Waals surface area contributed by atoms with Crippen molar-refractivity contribution < 1.29 is 14.3 Å². The fraction of sp³-hybridized carbons (Fsp3) is 0.556. The van der Waals surface area contributed by atoms with Gasteiger partial charge < -0.3 is 25.6 Å². The Bertz CT molecular complexity index is 593. The van der Waals surface area contributed by atoms with Crippen LogP contribution >= 0.6 is 0 Å². The molecule has 1 heterocycles. The summed E-state index contributed by atoms with van der Waals surface area (Å²) in [6.45, 7) is 6.09. The number of likely N-dealkylation sites (tertiary alicyclic amines) is 1. The number of ether oxygens (including phenoxy) is 1. The second kappa shape index (κ2) is 9.39. The average molecular weight is 348 g/mol. The minimum Gasteiger partial charge on any atom is -0.375 e. The lowest BCUT2D eigenvalue weighted by Gasteiger charge is -2.20. The Morgan fingerprint density at radius 1 is 1.20 bits per heavy atom. The minimum absolute atomic E-state index is 0.000385. The molecule has 1 fully saturated rings. The fourth-order valence-corrected chi connectivity index (χ4v) is 2.94. The highest BCUT2D eigenvalue weighted by Gasteiger charge is 2.32. The number of benzene rings is 1. The van der Waals surface area contributed by atoms with Crippen LogP contribution in [0, 0.1) is 0 Å². The van der Waals surface area contributed by atoms with Crippen LogP contribution in [0.15, 0.2) is 24.3 Å². The molecule has 138 valence electrons. The van der Waals surface area contributed by atoms with Crippen molar-refractivity contribution in [1.82, 2.24) is 10.2 Å². The number of carbonyl (C=O) groups excluding carboxylic acids is 2. The molecule has 3 amide bonds. The molecule has 1 saturated heterocycles. The number of carbonyl (C=O) groups is 2. The lowest BCUT2D eigenvalue weighted by Crippen LogP contribution is -2.45. The van der Waals surface area contributed by atoms with Crippen molar-refractivity contribution >= 4 is 23.3 Å². The smallest absolute Gasteiger partial charge is 0.319 e. The van der Waals surface area contributed by atoms with E-state index in [4.69, 9.17) is 4.74 Å². The Morgan fingerprint density at radius 2 is 1.92 bits per heavy atom. The number of nitrogens with zero attached hydrogens (tertiary/aromatic N) is 1. The van der Waals surface area contributed by atoms with E-state index in [1.54, 1.807) is 24.3 Å². The molecule has 7 heteroatoms. The minimum atomic E-state index is -0.276. The van der Waals surface area contributed by atoms with E-state index >= 15 is 0 Å². The highest BCUT2D eigenvalue weighted by molar-refractivity contribution is 5.93. The van der Waals surface area contributed by atoms with Gasteiger partial charge in [-0.1, -0.05) is 13.0 Å². The summed E-state index contributed by atoms with van der Waals surface area (Å²) in [5, 5.41) is 8.61. The van der Waals surface area contributed by atoms with Crippen LogP contribution in [0.3, 0.4) is 0 Å². The Labute approximate surface area is 149 Å². The number of rotatable bonds is 7. The lowest BCUT2D eigenvalue weighted by molar-refractivity contribution is -0.116. The Hall–Kier alpha value is -2.12. The molecule has 1 aromatic carbocycles. The van der Waals surface area contributed by atoms with Gasteiger partial charge >= 0.3 is 6.03 Å². The molecule has 0 spiro atoms. The number of hydrogen-bond acceptors (Lipinski definition) is 4. The SMILES string of the molecule is CCCC(=O)Nc1cccc(NC(=O)N[C@H]2CN(C)C[C@@H]2OCC)c1. The predicted octanol–water partition coefficient (Wildman–Crippen LogP) is 2.27. The first-order valence-electron chi connectivity index (χ1n) is 8.79. The van der Waals surface area contributed by atoms with Crippen LogP contribution in [0.1, 0.15) is 26.7 Å². The molecule has 2 atom stereocenters. The fourth-order valence-electron chi connectivity index (χ4n) is 2.94. The molecule has 0 bridgehead atoms. The zero-order valence-corrected chi connectivity index (χ0v) is 15.2. The molecule has 0 saturated carbocycles. The Morgan fingerprint density at radius 3 is 2.60 bits per heavy atom. The normalized spacial score (nSPS) is 20.3. The summed E-state index contributed by atoms with van der Waals surface area (Å²) >= 11 is 0. The molecule has 1 aliphatic rings. The average Bonchev–Trinajstić information content (AvgIpc) is 2.87. The summed E-state index contributed by atoms with van der Waals surface area (Å²) in [4.78, 5) is 26.1. The summed E-state index contributed by atoms with van der Waals surface area (Å²) in [6.07, 6.45) is 1.27. The van der Waals surface area contributed by atoms with E-state index in [-0.39, 0.29) is 24.1 Å². The standard InChI is InChI=1S/C18H28N4O3/c1-4-7-17(23)19-13-8-6-9-14(10-13)20-18(24)21-15-11-22(3)12-16(15)25-5-2/h6,8-10,15-16H,4-5,7,11-12H2,1-3H3,(H,19,23)(H2,20,21,24)/t15-,16-/m0/s1. The van der Waals surface area contributed by atoms with E-state index in [1.165, 1.54) is 0 Å². The van der Waals surface area contributed by atoms with Gasteiger partial charge in [0.15, 0.2) is 0 Å². The van der Waals surface area contributed by atoms with Crippen LogP contribution in [-0.2, 0) is 9.53 Å². The van der Waals surface area contributed by atoms with Gasteiger partial charge in [-0.2, -0.15) is 0 Å². The summed E-state index contributed by atoms with van der Waals surface area (Å²) in [5.41, 5.74) is 1.30. The first-order chi connectivity index (χ1) is 12.0. The van der Waals surface area contributed by atoms with Gasteiger partial charge in [-0.05, 0) is 38.6 Å². The zero-order valence-electron chi connectivity index (χ0n) is 15.2. The quantitative estimate of drug-likeness (QED) is 0.706. The summed E-state index contributed by atoms with van der Waals surface area (Å²) < 4.78 is 5.69. The van der Waals surface area contributed by atoms with Crippen molar-refractivity contribution in [3.05, 3.63) is 24.3 Å². The molecular weight excluding hydrogens is 320 g/mol. The van der Waals surface area contributed by atoms with Gasteiger partial charge in [0.1, 0.15) is 0 Å². The first-order valence-corrected chi connectivity index (χ1v) is 8.79. The van der Waals surface area contributed by atoms with Gasteiger partial charge in [-0.3, -0.25) is 4.79 Å². The first kappa shape index (κ1) is 19.2. The molecule has 7 nitrogen and oxygen atoms in total. The van der Waals surface area contributed by atoms with E-state index in [9.17, 15) is 9.59 Å². The summed E-state index contributed by atoms with van der Waals surface area (Å²) in [5.74, 6) is -0.0300. The van der Waals surface area contributed by atoms with Gasteiger partial charge in [0.25, 0.3) is 0 Å². The molecule has 3 N–H and O–H groups in total. The second-order valence-electron chi connectivity index (χ2n) is 6.30. The highest BCUT2D eigenvalue weighted by atomic mass is 16.5. The van der Waals surface area contributed by atoms with Crippen LogP contribution in [0.5, 0.6) is 0 Å². The van der Waals surface area contributed by atoms with Crippen LogP contribution in [0.4, 0.5) is 16.2 Å². The molecule has 1 aromatic rings. The maximum atomic E-state index is 12.3. The van der Waals surface area contributed by atoms with Gasteiger partial charge in [0, 0.05) is 37.5 Å². The summed E-state index contributed by atoms with van der Waals surface area (Å²) in [6, 6.07) is 6.81. The molecule has 2 rings (SSSR count). The third-order valence-corrected chi connectivity index (χ3v) is 4.03. The molecular formula is C18H28N4O3. The van der Waals surface area contributed by atoms with E-state index in [1.807, 2.05) is 20.9 Å². The van der Waals surface area contributed by atoms with Crippen molar-refractivity contribution in [3.8, 4) is 0 Å². The van der Waals surface area contributed by atoms with Gasteiger partial charge in [0.2, 0.25) is 5.91 Å². The molecule has 0 aliphatic carbocycles. The Balaban J connectivity index is 1.90. The molecule has 1 aliphatic heterocycles. The van der Waals surface area contributed by atoms with Crippen LogP contribution in [-0.4, -0.2) is 55.7 Å². The van der Waals surface area contributed by atoms with Crippen LogP contribution < -0.4 is 16.0 Å². The number of anilines is 2. The van der Waals surface area contributed by atoms with E-state index in [0.29, 0.717) is 24.4 Å². The zero-order chi connectivity index (χ0) is 18.2. The maximum absolute atomic E-state index is 12.3. The van der Waals surface area contributed by atoms with E-state index in [0.717, 1.165) is 19.5 Å². The van der Waals surface area contributed by atoms with Crippen LogP contribution in [0.25, 0.3) is 0 Å². The largest absolute Gasteiger partial charge is 0.375 e. The van der Waals surface area contributed by atoms with Crippen molar-refractivity contribution in [2.75, 3.05) is 37.4 Å². The molecule has 25 heavy (non-hydrogen) atoms. The van der Waals surface area contributed by atoms with Gasteiger partial charge in [0.05, 0.1) is 12.1 Å².